The molecule has 3 N–H and O–H groups in total. The van der Waals surface area contributed by atoms with Crippen LogP contribution in [0.5, 0.6) is 0 Å². The van der Waals surface area contributed by atoms with Gasteiger partial charge >= 0.3 is 0 Å². The number of nitrogens with zero attached hydrogens (tertiary/aromatic N) is 1. The Kier molecular flexibility index (Phi) is 6.65. The Balaban J connectivity index is 2.52. The van der Waals surface area contributed by atoms with E-state index in [9.17, 15) is 4.79 Å². The van der Waals surface area contributed by atoms with Gasteiger partial charge in [0.1, 0.15) is 0 Å². The number of nitrogens with two attached hydrogens (primary N) is 1. The van der Waals surface area contributed by atoms with E-state index in [1.807, 2.05) is 0 Å². The monoisotopic (exact) mass is 255 g/mol. The Morgan fingerprint density at radius 3 is 2.33 bits per heavy atom. The van der Waals surface area contributed by atoms with E-state index in [1.54, 1.807) is 0 Å². The molecule has 0 bridgehead atoms. The second-order valence-electron chi connectivity index (χ2n) is 5.87. The largest absolute Gasteiger partial charge is 0.354 e. The van der Waals surface area contributed by atoms with Crippen LogP contribution in [-0.4, -0.2) is 43.0 Å². The molecule has 0 aromatic heterocycles. The molecular formula is C14H29N3O. The normalized spacial score (nSPS) is 20.7. The fourth-order valence-corrected chi connectivity index (χ4v) is 2.55. The Bertz CT molecular complexity index is 249. The quantitative estimate of drug-likeness (QED) is 0.750. The topological polar surface area (TPSA) is 58.4 Å². The van der Waals surface area contributed by atoms with Gasteiger partial charge in [-0.25, -0.2) is 0 Å². The molecule has 0 radical (unpaired) electrons. The summed E-state index contributed by atoms with van der Waals surface area (Å²) in [6.07, 6.45) is 3.73. The average molecular weight is 255 g/mol. The summed E-state index contributed by atoms with van der Waals surface area (Å²) in [5.74, 6) is 0.881. The molecule has 0 aromatic rings. The van der Waals surface area contributed by atoms with Crippen LogP contribution in [0.4, 0.5) is 0 Å². The van der Waals surface area contributed by atoms with Crippen LogP contribution < -0.4 is 11.1 Å². The van der Waals surface area contributed by atoms with E-state index in [0.29, 0.717) is 24.9 Å². The number of nitrogens with one attached hydrogen (secondary N) is 1. The van der Waals surface area contributed by atoms with Crippen LogP contribution in [0.15, 0.2) is 0 Å². The summed E-state index contributed by atoms with van der Waals surface area (Å²) in [6.45, 7) is 9.75. The van der Waals surface area contributed by atoms with Gasteiger partial charge in [-0.2, -0.15) is 0 Å². The minimum Gasteiger partial charge on any atom is -0.354 e. The molecule has 1 rings (SSSR count). The molecule has 4 nitrogen and oxygen atoms in total. The number of amides is 1. The predicted octanol–water partition coefficient (Wildman–Crippen LogP) is 1.21. The summed E-state index contributed by atoms with van der Waals surface area (Å²) in [5.41, 5.74) is 5.58. The molecular weight excluding hydrogens is 226 g/mol. The third-order valence-corrected chi connectivity index (χ3v) is 3.71. The summed E-state index contributed by atoms with van der Waals surface area (Å²) in [7, 11) is 0. The van der Waals surface area contributed by atoms with Crippen molar-refractivity contribution in [3.63, 3.8) is 0 Å². The van der Waals surface area contributed by atoms with Crippen LogP contribution in [0.1, 0.15) is 40.0 Å². The second kappa shape index (κ2) is 7.74. The average Bonchev–Trinajstić information content (AvgIpc) is 2.37. The maximum Gasteiger partial charge on any atom is 0.237 e. The van der Waals surface area contributed by atoms with E-state index in [2.05, 4.69) is 31.0 Å². The number of piperidine rings is 1. The van der Waals surface area contributed by atoms with E-state index in [-0.39, 0.29) is 11.9 Å². The highest BCUT2D eigenvalue weighted by atomic mass is 16.2. The van der Waals surface area contributed by atoms with Gasteiger partial charge in [-0.15, -0.1) is 0 Å². The summed E-state index contributed by atoms with van der Waals surface area (Å²) in [6, 6.07) is 0.0234. The van der Waals surface area contributed by atoms with Crippen molar-refractivity contribution >= 4 is 5.91 Å². The lowest BCUT2D eigenvalue weighted by Gasteiger charge is -2.36. The van der Waals surface area contributed by atoms with E-state index in [4.69, 9.17) is 5.73 Å². The van der Waals surface area contributed by atoms with Crippen molar-refractivity contribution in [1.29, 1.82) is 0 Å². The van der Waals surface area contributed by atoms with Gasteiger partial charge in [-0.05, 0) is 44.3 Å². The highest BCUT2D eigenvalue weighted by Gasteiger charge is 2.29. The second-order valence-corrected chi connectivity index (χ2v) is 5.87. The maximum absolute atomic E-state index is 12.3. The first-order valence-electron chi connectivity index (χ1n) is 7.28. The summed E-state index contributed by atoms with van der Waals surface area (Å²) < 4.78 is 0. The number of hydrogen-bond acceptors (Lipinski definition) is 3. The van der Waals surface area contributed by atoms with Gasteiger partial charge in [0.15, 0.2) is 0 Å². The summed E-state index contributed by atoms with van der Waals surface area (Å²) in [5, 5.41) is 3.05. The van der Waals surface area contributed by atoms with Gasteiger partial charge < -0.3 is 11.1 Å². The summed E-state index contributed by atoms with van der Waals surface area (Å²) in [4.78, 5) is 14.7. The lowest BCUT2D eigenvalue weighted by atomic mass is 9.98. The Morgan fingerprint density at radius 2 is 1.83 bits per heavy atom. The molecule has 1 aliphatic rings. The molecule has 4 heteroatoms. The minimum atomic E-state index is 0.0234. The summed E-state index contributed by atoms with van der Waals surface area (Å²) >= 11 is 0. The zero-order chi connectivity index (χ0) is 13.5. The fourth-order valence-electron chi connectivity index (χ4n) is 2.55. The van der Waals surface area contributed by atoms with Crippen molar-refractivity contribution in [3.8, 4) is 0 Å². The number of rotatable bonds is 6. The zero-order valence-electron chi connectivity index (χ0n) is 12.1. The Hall–Kier alpha value is -0.610. The molecule has 2 atom stereocenters. The SMILES string of the molecule is CC(CN)CNC(=O)C(C(C)C)N1CCCCC1. The van der Waals surface area contributed by atoms with Crippen LogP contribution in [0, 0.1) is 11.8 Å². The molecule has 2 unspecified atom stereocenters. The molecule has 0 spiro atoms. The van der Waals surface area contributed by atoms with Crippen molar-refractivity contribution in [1.82, 2.24) is 10.2 Å². The maximum atomic E-state index is 12.3. The molecule has 1 amide bonds. The molecule has 1 heterocycles. The van der Waals surface area contributed by atoms with Crippen molar-refractivity contribution in [2.24, 2.45) is 17.6 Å². The van der Waals surface area contributed by atoms with Gasteiger partial charge in [-0.3, -0.25) is 9.69 Å². The first kappa shape index (κ1) is 15.4. The third kappa shape index (κ3) is 4.58. The predicted molar refractivity (Wildman–Crippen MR) is 75.3 cm³/mol. The molecule has 0 saturated carbocycles. The highest BCUT2D eigenvalue weighted by Crippen LogP contribution is 2.17. The standard InChI is InChI=1S/C14H29N3O/c1-11(2)13(17-7-5-4-6-8-17)14(18)16-10-12(3)9-15/h11-13H,4-10,15H2,1-3H3,(H,16,18). The first-order valence-corrected chi connectivity index (χ1v) is 7.28. The number of carbonyl (C=O) groups excluding carboxylic acids is 1. The smallest absolute Gasteiger partial charge is 0.237 e. The van der Waals surface area contributed by atoms with Crippen molar-refractivity contribution in [3.05, 3.63) is 0 Å². The van der Waals surface area contributed by atoms with Gasteiger partial charge in [0, 0.05) is 6.54 Å². The van der Waals surface area contributed by atoms with Crippen LogP contribution in [-0.2, 0) is 4.79 Å². The van der Waals surface area contributed by atoms with Crippen LogP contribution in [0.2, 0.25) is 0 Å². The molecule has 18 heavy (non-hydrogen) atoms. The lowest BCUT2D eigenvalue weighted by Crippen LogP contribution is -2.52. The van der Waals surface area contributed by atoms with Gasteiger partial charge in [0.2, 0.25) is 5.91 Å². The zero-order valence-corrected chi connectivity index (χ0v) is 12.1. The van der Waals surface area contributed by atoms with E-state index < -0.39 is 0 Å². The van der Waals surface area contributed by atoms with Crippen LogP contribution in [0.3, 0.4) is 0 Å². The van der Waals surface area contributed by atoms with Crippen molar-refractivity contribution < 1.29 is 4.79 Å². The molecule has 1 aliphatic heterocycles. The molecule has 1 fully saturated rings. The lowest BCUT2D eigenvalue weighted by molar-refractivity contribution is -0.128. The van der Waals surface area contributed by atoms with Crippen LogP contribution >= 0.6 is 0 Å². The Labute approximate surface area is 111 Å². The van der Waals surface area contributed by atoms with Gasteiger partial charge in [0.25, 0.3) is 0 Å². The molecule has 1 saturated heterocycles. The minimum absolute atomic E-state index is 0.0234. The number of likely N-dealkylation sites (tertiary alicyclic amines) is 1. The third-order valence-electron chi connectivity index (χ3n) is 3.71. The molecule has 106 valence electrons. The van der Waals surface area contributed by atoms with E-state index in [1.165, 1.54) is 19.3 Å². The molecule has 0 aliphatic carbocycles. The highest BCUT2D eigenvalue weighted by molar-refractivity contribution is 5.82. The van der Waals surface area contributed by atoms with Gasteiger partial charge in [-0.1, -0.05) is 27.2 Å². The van der Waals surface area contributed by atoms with Crippen molar-refractivity contribution in [2.75, 3.05) is 26.2 Å². The number of hydrogen-bond donors (Lipinski definition) is 2. The Morgan fingerprint density at radius 1 is 1.22 bits per heavy atom. The van der Waals surface area contributed by atoms with Gasteiger partial charge in [0.05, 0.1) is 6.04 Å². The number of carbonyl (C=O) groups is 1. The van der Waals surface area contributed by atoms with Crippen LogP contribution in [0.25, 0.3) is 0 Å². The fraction of sp³-hybridized carbons (Fsp3) is 0.929. The van der Waals surface area contributed by atoms with Crippen molar-refractivity contribution in [2.45, 2.75) is 46.1 Å². The van der Waals surface area contributed by atoms with E-state index in [0.717, 1.165) is 13.1 Å². The molecule has 0 aromatic carbocycles. The first-order chi connectivity index (χ1) is 8.56. The van der Waals surface area contributed by atoms with E-state index >= 15 is 0 Å².